The van der Waals surface area contributed by atoms with Crippen LogP contribution in [0.15, 0.2) is 52.5 Å². The molecule has 0 radical (unpaired) electrons. The van der Waals surface area contributed by atoms with Crippen LogP contribution in [0.25, 0.3) is 0 Å². The van der Waals surface area contributed by atoms with E-state index >= 15 is 0 Å². The van der Waals surface area contributed by atoms with Crippen molar-refractivity contribution in [1.82, 2.24) is 14.3 Å². The van der Waals surface area contributed by atoms with E-state index in [0.717, 1.165) is 11.9 Å². The number of hydrazine groups is 1. The van der Waals surface area contributed by atoms with E-state index in [1.807, 2.05) is 7.05 Å². The van der Waals surface area contributed by atoms with Gasteiger partial charge in [-0.1, -0.05) is 23.7 Å². The number of rotatable bonds is 5. The minimum Gasteiger partial charge on any atom is -0.346 e. The molecule has 0 aromatic heterocycles. The Balaban J connectivity index is 1.80. The number of halogens is 4. The van der Waals surface area contributed by atoms with E-state index in [4.69, 9.17) is 16.3 Å². The number of allylic oxidation sites excluding steroid dienone is 1. The van der Waals surface area contributed by atoms with Crippen molar-refractivity contribution in [2.24, 2.45) is 4.99 Å². The molecule has 0 saturated heterocycles. The Hall–Kier alpha value is -1.52. The molecule has 146 valence electrons. The standard InChI is InChI=1S/C17H18ClF3N4OS/c1-23-16(26-3)22-14-10-13(8-9-25(14)23)27-24(2)15(17(19,20)21)11-4-6-12(18)7-5-11/h4-10,15-16H,1-3H3/t15-,16?/m1/s1. The van der Waals surface area contributed by atoms with E-state index in [1.165, 1.54) is 35.6 Å². The summed E-state index contributed by atoms with van der Waals surface area (Å²) < 4.78 is 47.5. The van der Waals surface area contributed by atoms with Gasteiger partial charge in [-0.3, -0.25) is 5.01 Å². The van der Waals surface area contributed by atoms with Gasteiger partial charge in [-0.05, 0) is 48.8 Å². The molecule has 0 spiro atoms. The third-order valence-electron chi connectivity index (χ3n) is 4.11. The maximum atomic E-state index is 13.7. The molecule has 2 aliphatic rings. The fourth-order valence-corrected chi connectivity index (χ4v) is 3.94. The minimum atomic E-state index is -4.44. The summed E-state index contributed by atoms with van der Waals surface area (Å²) in [6.07, 6.45) is 0.321. The minimum absolute atomic E-state index is 0.126. The van der Waals surface area contributed by atoms with Crippen LogP contribution in [0.4, 0.5) is 13.2 Å². The summed E-state index contributed by atoms with van der Waals surface area (Å²) in [7, 11) is 4.77. The van der Waals surface area contributed by atoms with Crippen molar-refractivity contribution >= 4 is 29.4 Å². The fraction of sp³-hybridized carbons (Fsp3) is 0.353. The highest BCUT2D eigenvalue weighted by Crippen LogP contribution is 2.42. The van der Waals surface area contributed by atoms with Crippen LogP contribution >= 0.6 is 23.5 Å². The second kappa shape index (κ2) is 7.84. The van der Waals surface area contributed by atoms with Gasteiger partial charge in [-0.15, -0.1) is 0 Å². The number of amidine groups is 1. The Morgan fingerprint density at radius 3 is 2.56 bits per heavy atom. The average Bonchev–Trinajstić information content (AvgIpc) is 2.91. The predicted octanol–water partition coefficient (Wildman–Crippen LogP) is 4.43. The second-order valence-corrected chi connectivity index (χ2v) is 7.63. The zero-order chi connectivity index (χ0) is 19.8. The van der Waals surface area contributed by atoms with Crippen molar-refractivity contribution in [3.8, 4) is 0 Å². The Kier molecular flexibility index (Phi) is 5.87. The summed E-state index contributed by atoms with van der Waals surface area (Å²) in [6, 6.07) is 3.93. The van der Waals surface area contributed by atoms with Crippen LogP contribution in [0.1, 0.15) is 11.6 Å². The smallest absolute Gasteiger partial charge is 0.346 e. The fourth-order valence-electron chi connectivity index (χ4n) is 2.86. The van der Waals surface area contributed by atoms with Crippen LogP contribution in [-0.4, -0.2) is 53.9 Å². The van der Waals surface area contributed by atoms with E-state index in [2.05, 4.69) is 4.99 Å². The molecule has 1 unspecified atom stereocenters. The molecule has 1 aromatic carbocycles. The Morgan fingerprint density at radius 2 is 1.96 bits per heavy atom. The molecule has 27 heavy (non-hydrogen) atoms. The van der Waals surface area contributed by atoms with E-state index in [9.17, 15) is 13.2 Å². The number of alkyl halides is 3. The van der Waals surface area contributed by atoms with Crippen LogP contribution < -0.4 is 0 Å². The summed E-state index contributed by atoms with van der Waals surface area (Å²) in [5.74, 6) is 0.609. The van der Waals surface area contributed by atoms with Crippen molar-refractivity contribution in [2.75, 3.05) is 21.2 Å². The van der Waals surface area contributed by atoms with Gasteiger partial charge >= 0.3 is 6.18 Å². The number of hydrogen-bond donors (Lipinski definition) is 0. The van der Waals surface area contributed by atoms with Gasteiger partial charge in [0.15, 0.2) is 0 Å². The summed E-state index contributed by atoms with van der Waals surface area (Å²) in [4.78, 5) is 5.02. The molecule has 0 fully saturated rings. The topological polar surface area (TPSA) is 31.3 Å². The Morgan fingerprint density at radius 1 is 1.30 bits per heavy atom. The first kappa shape index (κ1) is 20.2. The molecule has 2 aliphatic heterocycles. The van der Waals surface area contributed by atoms with Gasteiger partial charge in [-0.2, -0.15) is 18.2 Å². The zero-order valence-electron chi connectivity index (χ0n) is 14.8. The summed E-state index contributed by atoms with van der Waals surface area (Å²) in [5, 5.41) is 3.95. The zero-order valence-corrected chi connectivity index (χ0v) is 16.4. The van der Waals surface area contributed by atoms with Crippen LogP contribution in [0.2, 0.25) is 5.02 Å². The van der Waals surface area contributed by atoms with Crippen molar-refractivity contribution < 1.29 is 17.9 Å². The monoisotopic (exact) mass is 418 g/mol. The first-order valence-electron chi connectivity index (χ1n) is 7.96. The first-order chi connectivity index (χ1) is 12.7. The molecule has 0 amide bonds. The summed E-state index contributed by atoms with van der Waals surface area (Å²) in [5.41, 5.74) is 0.126. The number of benzene rings is 1. The molecule has 1 aromatic rings. The molecule has 2 heterocycles. The lowest BCUT2D eigenvalue weighted by molar-refractivity contribution is -0.169. The van der Waals surface area contributed by atoms with E-state index < -0.39 is 18.6 Å². The maximum Gasteiger partial charge on any atom is 0.408 e. The lowest BCUT2D eigenvalue weighted by atomic mass is 10.1. The third-order valence-corrected chi connectivity index (χ3v) is 5.32. The molecule has 10 heteroatoms. The largest absolute Gasteiger partial charge is 0.408 e. The van der Waals surface area contributed by atoms with E-state index in [-0.39, 0.29) is 5.56 Å². The number of hydrogen-bond acceptors (Lipinski definition) is 6. The predicted molar refractivity (Wildman–Crippen MR) is 101 cm³/mol. The van der Waals surface area contributed by atoms with Crippen molar-refractivity contribution in [3.63, 3.8) is 0 Å². The number of ether oxygens (including phenoxy) is 1. The van der Waals surface area contributed by atoms with Crippen LogP contribution in [0, 0.1) is 0 Å². The Bertz CT molecular complexity index is 781. The van der Waals surface area contributed by atoms with E-state index in [0.29, 0.717) is 15.8 Å². The molecule has 0 N–H and O–H groups in total. The van der Waals surface area contributed by atoms with Gasteiger partial charge in [-0.25, -0.2) is 9.30 Å². The highest BCUT2D eigenvalue weighted by atomic mass is 35.5. The molecular formula is C17H18ClF3N4OS. The highest BCUT2D eigenvalue weighted by Gasteiger charge is 2.44. The highest BCUT2D eigenvalue weighted by molar-refractivity contribution is 8.01. The SMILES string of the molecule is COC1N=C2C=C(SN(C)[C@H](c3ccc(Cl)cc3)C(F)(F)F)C=CN2N1C. The summed E-state index contributed by atoms with van der Waals surface area (Å²) in [6.45, 7) is 0. The van der Waals surface area contributed by atoms with Gasteiger partial charge in [0.05, 0.1) is 0 Å². The van der Waals surface area contributed by atoms with Crippen LogP contribution in [0.3, 0.4) is 0 Å². The molecule has 5 nitrogen and oxygen atoms in total. The van der Waals surface area contributed by atoms with Gasteiger partial charge in [0, 0.05) is 30.3 Å². The van der Waals surface area contributed by atoms with Gasteiger partial charge in [0.2, 0.25) is 6.35 Å². The molecule has 0 saturated carbocycles. The number of fused-ring (bicyclic) bond motifs is 1. The number of methoxy groups -OCH3 is 1. The molecule has 0 bridgehead atoms. The lowest BCUT2D eigenvalue weighted by Crippen LogP contribution is -2.39. The second-order valence-electron chi connectivity index (χ2n) is 5.96. The van der Waals surface area contributed by atoms with Gasteiger partial charge in [0.1, 0.15) is 11.9 Å². The molecule has 3 rings (SSSR count). The average molecular weight is 419 g/mol. The number of aliphatic imine (C=N–C) groups is 1. The Labute approximate surface area is 164 Å². The quantitative estimate of drug-likeness (QED) is 0.660. The van der Waals surface area contributed by atoms with Crippen LogP contribution in [-0.2, 0) is 4.74 Å². The molecular weight excluding hydrogens is 401 g/mol. The van der Waals surface area contributed by atoms with Gasteiger partial charge in [0.25, 0.3) is 0 Å². The summed E-state index contributed by atoms with van der Waals surface area (Å²) >= 11 is 6.80. The van der Waals surface area contributed by atoms with E-state index in [1.54, 1.807) is 35.5 Å². The molecule has 0 aliphatic carbocycles. The van der Waals surface area contributed by atoms with Crippen molar-refractivity contribution in [3.05, 3.63) is 58.1 Å². The number of nitrogens with zero attached hydrogens (tertiary/aromatic N) is 4. The van der Waals surface area contributed by atoms with Gasteiger partial charge < -0.3 is 4.74 Å². The normalized spacial score (nSPS) is 21.3. The lowest BCUT2D eigenvalue weighted by Gasteiger charge is -2.31. The van der Waals surface area contributed by atoms with Crippen molar-refractivity contribution in [2.45, 2.75) is 18.6 Å². The van der Waals surface area contributed by atoms with Crippen LogP contribution in [0.5, 0.6) is 0 Å². The van der Waals surface area contributed by atoms with Crippen molar-refractivity contribution in [1.29, 1.82) is 0 Å². The third kappa shape index (κ3) is 4.33. The molecule has 2 atom stereocenters. The first-order valence-corrected chi connectivity index (χ1v) is 9.11. The maximum absolute atomic E-state index is 13.7.